The molecule has 1 unspecified atom stereocenters. The molecule has 0 bridgehead atoms. The first kappa shape index (κ1) is 14.9. The molecule has 1 aromatic carbocycles. The fraction of sp³-hybridized carbons (Fsp3) is 0.333. The zero-order valence-electron chi connectivity index (χ0n) is 11.8. The molecular formula is C15H15FN2O3S. The van der Waals surface area contributed by atoms with Gasteiger partial charge in [-0.2, -0.15) is 8.42 Å². The highest BCUT2D eigenvalue weighted by Crippen LogP contribution is 2.20. The average Bonchev–Trinajstić information content (AvgIpc) is 2.86. The number of hydrogen-bond donors (Lipinski definition) is 0. The van der Waals surface area contributed by atoms with Crippen LogP contribution < -0.4 is 0 Å². The second-order valence-corrected chi connectivity index (χ2v) is 7.04. The monoisotopic (exact) mass is 322 g/mol. The van der Waals surface area contributed by atoms with Crippen molar-refractivity contribution < 1.29 is 17.1 Å². The van der Waals surface area contributed by atoms with E-state index < -0.39 is 15.5 Å². The van der Waals surface area contributed by atoms with Crippen molar-refractivity contribution in [3.8, 4) is 0 Å². The van der Waals surface area contributed by atoms with Gasteiger partial charge in [0, 0.05) is 31.1 Å². The van der Waals surface area contributed by atoms with Gasteiger partial charge in [-0.3, -0.25) is 9.78 Å². The number of benzene rings is 1. The minimum absolute atomic E-state index is 0.0627. The van der Waals surface area contributed by atoms with Crippen LogP contribution in [0.4, 0.5) is 3.89 Å². The molecule has 5 nitrogen and oxygen atoms in total. The highest BCUT2D eigenvalue weighted by molar-refractivity contribution is 7.87. The van der Waals surface area contributed by atoms with E-state index >= 15 is 0 Å². The van der Waals surface area contributed by atoms with Gasteiger partial charge in [0.25, 0.3) is 0 Å². The highest BCUT2D eigenvalue weighted by Gasteiger charge is 2.37. The molecule has 1 amide bonds. The number of nitrogens with zero attached hydrogens (tertiary/aromatic N) is 2. The molecule has 1 aliphatic heterocycles. The lowest BCUT2D eigenvalue weighted by Crippen LogP contribution is -2.29. The molecule has 0 spiro atoms. The molecule has 1 saturated heterocycles. The fourth-order valence-electron chi connectivity index (χ4n) is 2.69. The lowest BCUT2D eigenvalue weighted by atomic mass is 10.1. The maximum atomic E-state index is 13.0. The summed E-state index contributed by atoms with van der Waals surface area (Å²) in [5.41, 5.74) is 1.92. The molecule has 1 atom stereocenters. The van der Waals surface area contributed by atoms with Crippen LogP contribution in [-0.4, -0.2) is 42.5 Å². The van der Waals surface area contributed by atoms with Crippen molar-refractivity contribution in [3.63, 3.8) is 0 Å². The second-order valence-electron chi connectivity index (χ2n) is 5.42. The molecule has 7 heteroatoms. The lowest BCUT2D eigenvalue weighted by Gasteiger charge is -2.15. The third-order valence-corrected chi connectivity index (χ3v) is 5.03. The van der Waals surface area contributed by atoms with Crippen LogP contribution in [0.15, 0.2) is 36.5 Å². The Morgan fingerprint density at radius 3 is 2.86 bits per heavy atom. The molecule has 116 valence electrons. The Bertz CT molecular complexity index is 822. The van der Waals surface area contributed by atoms with Crippen LogP contribution in [0, 0.1) is 0 Å². The van der Waals surface area contributed by atoms with Crippen molar-refractivity contribution in [2.75, 3.05) is 13.1 Å². The normalized spacial score (nSPS) is 19.0. The average molecular weight is 322 g/mol. The van der Waals surface area contributed by atoms with Gasteiger partial charge >= 0.3 is 10.2 Å². The van der Waals surface area contributed by atoms with Crippen LogP contribution in [-0.2, 0) is 21.4 Å². The summed E-state index contributed by atoms with van der Waals surface area (Å²) in [4.78, 5) is 17.4. The molecular weight excluding hydrogens is 307 g/mol. The van der Waals surface area contributed by atoms with Gasteiger partial charge in [-0.25, -0.2) is 0 Å². The zero-order chi connectivity index (χ0) is 15.7. The molecule has 0 aliphatic carbocycles. The molecule has 1 aromatic heterocycles. The van der Waals surface area contributed by atoms with E-state index in [1.165, 1.54) is 4.90 Å². The maximum Gasteiger partial charge on any atom is 0.307 e. The first-order valence-corrected chi connectivity index (χ1v) is 8.43. The van der Waals surface area contributed by atoms with E-state index in [0.717, 1.165) is 16.5 Å². The molecule has 0 radical (unpaired) electrons. The Kier molecular flexibility index (Phi) is 3.82. The van der Waals surface area contributed by atoms with Gasteiger partial charge in [-0.1, -0.05) is 12.1 Å². The van der Waals surface area contributed by atoms with E-state index in [2.05, 4.69) is 4.98 Å². The van der Waals surface area contributed by atoms with E-state index in [-0.39, 0.29) is 18.9 Å². The Hall–Kier alpha value is -2.02. The third-order valence-electron chi connectivity index (χ3n) is 3.91. The molecule has 2 aromatic rings. The predicted octanol–water partition coefficient (Wildman–Crippen LogP) is 1.68. The number of carbonyl (C=O) groups is 1. The number of hydrogen-bond acceptors (Lipinski definition) is 4. The number of fused-ring (bicyclic) bond motifs is 1. The third kappa shape index (κ3) is 3.09. The molecule has 22 heavy (non-hydrogen) atoms. The summed E-state index contributed by atoms with van der Waals surface area (Å²) in [6.45, 7) is 0.323. The van der Waals surface area contributed by atoms with E-state index in [1.54, 1.807) is 6.20 Å². The van der Waals surface area contributed by atoms with E-state index in [1.807, 2.05) is 30.3 Å². The van der Waals surface area contributed by atoms with Crippen LogP contribution in [0.2, 0.25) is 0 Å². The minimum atomic E-state index is -4.65. The molecule has 2 heterocycles. The fourth-order valence-corrected chi connectivity index (χ4v) is 3.38. The number of likely N-dealkylation sites (tertiary alicyclic amines) is 1. The van der Waals surface area contributed by atoms with Crippen LogP contribution in [0.25, 0.3) is 10.9 Å². The smallest absolute Gasteiger partial charge is 0.307 e. The van der Waals surface area contributed by atoms with Crippen LogP contribution in [0.3, 0.4) is 0 Å². The first-order chi connectivity index (χ1) is 10.4. The van der Waals surface area contributed by atoms with Crippen molar-refractivity contribution >= 4 is 27.0 Å². The van der Waals surface area contributed by atoms with Gasteiger partial charge in [0.2, 0.25) is 5.91 Å². The van der Waals surface area contributed by atoms with Crippen molar-refractivity contribution in [2.45, 2.75) is 18.1 Å². The zero-order valence-corrected chi connectivity index (χ0v) is 12.6. The molecule has 0 saturated carbocycles. The van der Waals surface area contributed by atoms with Gasteiger partial charge in [0.05, 0.1) is 5.52 Å². The van der Waals surface area contributed by atoms with Crippen LogP contribution >= 0.6 is 0 Å². The molecule has 3 rings (SSSR count). The van der Waals surface area contributed by atoms with E-state index in [0.29, 0.717) is 13.0 Å². The number of pyridine rings is 1. The lowest BCUT2D eigenvalue weighted by molar-refractivity contribution is -0.127. The predicted molar refractivity (Wildman–Crippen MR) is 80.5 cm³/mol. The topological polar surface area (TPSA) is 67.3 Å². The first-order valence-electron chi connectivity index (χ1n) is 6.98. The van der Waals surface area contributed by atoms with Crippen molar-refractivity contribution in [1.29, 1.82) is 0 Å². The Labute approximate surface area is 128 Å². The largest absolute Gasteiger partial charge is 0.341 e. The highest BCUT2D eigenvalue weighted by atomic mass is 32.3. The number of amides is 1. The summed E-state index contributed by atoms with van der Waals surface area (Å²) < 4.78 is 34.8. The quantitative estimate of drug-likeness (QED) is 0.803. The van der Waals surface area contributed by atoms with Crippen molar-refractivity contribution in [2.24, 2.45) is 0 Å². The minimum Gasteiger partial charge on any atom is -0.341 e. The molecule has 0 N–H and O–H groups in total. The summed E-state index contributed by atoms with van der Waals surface area (Å²) in [6, 6.07) is 9.64. The van der Waals surface area contributed by atoms with Gasteiger partial charge in [-0.05, 0) is 30.2 Å². The number of carbonyl (C=O) groups excluding carboxylic acids is 1. The Morgan fingerprint density at radius 2 is 2.14 bits per heavy atom. The van der Waals surface area contributed by atoms with Crippen LogP contribution in [0.1, 0.15) is 12.0 Å². The van der Waals surface area contributed by atoms with E-state index in [9.17, 15) is 17.1 Å². The second kappa shape index (κ2) is 5.64. The van der Waals surface area contributed by atoms with Gasteiger partial charge in [0.1, 0.15) is 5.25 Å². The van der Waals surface area contributed by atoms with Gasteiger partial charge in [-0.15, -0.1) is 3.89 Å². The van der Waals surface area contributed by atoms with Crippen molar-refractivity contribution in [1.82, 2.24) is 9.88 Å². The Balaban J connectivity index is 1.68. The molecule has 1 fully saturated rings. The Morgan fingerprint density at radius 1 is 1.32 bits per heavy atom. The van der Waals surface area contributed by atoms with Gasteiger partial charge in [0.15, 0.2) is 0 Å². The summed E-state index contributed by atoms with van der Waals surface area (Å²) in [7, 11) is -4.65. The van der Waals surface area contributed by atoms with Gasteiger partial charge < -0.3 is 4.90 Å². The van der Waals surface area contributed by atoms with Crippen LogP contribution in [0.5, 0.6) is 0 Å². The summed E-state index contributed by atoms with van der Waals surface area (Å²) in [5.74, 6) is -0.311. The molecule has 1 aliphatic rings. The maximum absolute atomic E-state index is 13.0. The number of rotatable bonds is 4. The number of aromatic nitrogens is 1. The SMILES string of the molecule is O=C1CC(S(=O)(=O)F)CN1CCc1ccc2ncccc2c1. The number of halogens is 1. The van der Waals surface area contributed by atoms with E-state index in [4.69, 9.17) is 0 Å². The summed E-state index contributed by atoms with van der Waals surface area (Å²) in [5, 5.41) is -0.210. The van der Waals surface area contributed by atoms with Crippen molar-refractivity contribution in [3.05, 3.63) is 42.1 Å². The standard InChI is InChI=1S/C15H15FN2O3S/c16-22(20,21)13-9-15(19)18(10-13)7-5-11-3-4-14-12(8-11)2-1-6-17-14/h1-4,6,8,13H,5,7,9-10H2. The summed E-state index contributed by atoms with van der Waals surface area (Å²) in [6.07, 6.45) is 2.05. The summed E-state index contributed by atoms with van der Waals surface area (Å²) >= 11 is 0.